The molecule has 0 aromatic heterocycles. The first-order valence-corrected chi connectivity index (χ1v) is 6.72. The third-order valence-electron chi connectivity index (χ3n) is 3.68. The number of rotatable bonds is 5. The number of carboxylic acids is 1. The lowest BCUT2D eigenvalue weighted by molar-refractivity contribution is -0.143. The van der Waals surface area contributed by atoms with E-state index in [9.17, 15) is 14.7 Å². The summed E-state index contributed by atoms with van der Waals surface area (Å²) < 4.78 is 0. The number of aromatic hydroxyl groups is 1. The SMILES string of the molecule is CC(C)C(NC(=O)C1CC1c1ccc(O)cc1)C(=O)O. The molecule has 2 rings (SSSR count). The van der Waals surface area contributed by atoms with Crippen LogP contribution in [0.4, 0.5) is 0 Å². The highest BCUT2D eigenvalue weighted by molar-refractivity contribution is 5.87. The Kier molecular flexibility index (Phi) is 3.97. The molecule has 1 saturated carbocycles. The molecule has 0 bridgehead atoms. The van der Waals surface area contributed by atoms with Crippen LogP contribution in [0.5, 0.6) is 5.75 Å². The Morgan fingerprint density at radius 1 is 1.25 bits per heavy atom. The maximum atomic E-state index is 12.1. The second-order valence-electron chi connectivity index (χ2n) is 5.61. The van der Waals surface area contributed by atoms with Crippen molar-refractivity contribution in [1.82, 2.24) is 5.32 Å². The molecule has 1 aromatic carbocycles. The van der Waals surface area contributed by atoms with Gasteiger partial charge in [0.15, 0.2) is 0 Å². The van der Waals surface area contributed by atoms with Gasteiger partial charge < -0.3 is 15.5 Å². The van der Waals surface area contributed by atoms with Gasteiger partial charge in [-0.15, -0.1) is 0 Å². The van der Waals surface area contributed by atoms with Crippen molar-refractivity contribution in [3.8, 4) is 5.75 Å². The Labute approximate surface area is 117 Å². The van der Waals surface area contributed by atoms with Crippen LogP contribution in [-0.4, -0.2) is 28.1 Å². The number of phenols is 1. The maximum Gasteiger partial charge on any atom is 0.326 e. The van der Waals surface area contributed by atoms with Gasteiger partial charge in [-0.2, -0.15) is 0 Å². The number of nitrogens with one attached hydrogen (secondary N) is 1. The van der Waals surface area contributed by atoms with Crippen LogP contribution >= 0.6 is 0 Å². The quantitative estimate of drug-likeness (QED) is 0.765. The predicted octanol–water partition coefficient (Wildman–Crippen LogP) is 1.72. The van der Waals surface area contributed by atoms with Gasteiger partial charge in [0.05, 0.1) is 0 Å². The van der Waals surface area contributed by atoms with E-state index in [0.717, 1.165) is 12.0 Å². The van der Waals surface area contributed by atoms with Crippen molar-refractivity contribution in [2.24, 2.45) is 11.8 Å². The Morgan fingerprint density at radius 3 is 2.35 bits per heavy atom. The van der Waals surface area contributed by atoms with Crippen molar-refractivity contribution in [3.63, 3.8) is 0 Å². The highest BCUT2D eigenvalue weighted by Gasteiger charge is 2.45. The lowest BCUT2D eigenvalue weighted by Gasteiger charge is -2.17. The van der Waals surface area contributed by atoms with Gasteiger partial charge in [-0.05, 0) is 36.0 Å². The molecule has 0 saturated heterocycles. The fourth-order valence-electron chi connectivity index (χ4n) is 2.35. The second kappa shape index (κ2) is 5.53. The standard InChI is InChI=1S/C15H19NO4/c1-8(2)13(15(19)20)16-14(18)12-7-11(12)9-3-5-10(17)6-4-9/h3-6,8,11-13,17H,7H2,1-2H3,(H,16,18)(H,19,20). The number of carbonyl (C=O) groups is 2. The Hall–Kier alpha value is -2.04. The highest BCUT2D eigenvalue weighted by Crippen LogP contribution is 2.47. The molecule has 3 unspecified atom stereocenters. The number of amides is 1. The molecule has 1 aliphatic carbocycles. The van der Waals surface area contributed by atoms with Crippen molar-refractivity contribution in [3.05, 3.63) is 29.8 Å². The summed E-state index contributed by atoms with van der Waals surface area (Å²) in [4.78, 5) is 23.1. The molecule has 0 aliphatic heterocycles. The van der Waals surface area contributed by atoms with Gasteiger partial charge in [-0.25, -0.2) is 4.79 Å². The third-order valence-corrected chi connectivity index (χ3v) is 3.68. The van der Waals surface area contributed by atoms with E-state index in [2.05, 4.69) is 5.32 Å². The fourth-order valence-corrected chi connectivity index (χ4v) is 2.35. The second-order valence-corrected chi connectivity index (χ2v) is 5.61. The Balaban J connectivity index is 1.96. The smallest absolute Gasteiger partial charge is 0.326 e. The summed E-state index contributed by atoms with van der Waals surface area (Å²) in [5, 5.41) is 20.9. The molecule has 1 fully saturated rings. The fraction of sp³-hybridized carbons (Fsp3) is 0.467. The van der Waals surface area contributed by atoms with Crippen LogP contribution in [0, 0.1) is 11.8 Å². The zero-order valence-corrected chi connectivity index (χ0v) is 11.5. The Bertz CT molecular complexity index is 509. The number of carbonyl (C=O) groups excluding carboxylic acids is 1. The summed E-state index contributed by atoms with van der Waals surface area (Å²) in [5.74, 6) is -1.21. The van der Waals surface area contributed by atoms with E-state index in [4.69, 9.17) is 5.11 Å². The summed E-state index contributed by atoms with van der Waals surface area (Å²) in [6.45, 7) is 3.53. The van der Waals surface area contributed by atoms with Gasteiger partial charge in [-0.3, -0.25) is 4.79 Å². The monoisotopic (exact) mass is 277 g/mol. The van der Waals surface area contributed by atoms with Crippen LogP contribution in [0.3, 0.4) is 0 Å². The maximum absolute atomic E-state index is 12.1. The molecule has 0 spiro atoms. The minimum absolute atomic E-state index is 0.122. The molecule has 5 nitrogen and oxygen atoms in total. The summed E-state index contributed by atoms with van der Waals surface area (Å²) in [5.41, 5.74) is 0.999. The van der Waals surface area contributed by atoms with E-state index in [1.165, 1.54) is 0 Å². The lowest BCUT2D eigenvalue weighted by Crippen LogP contribution is -2.45. The molecule has 108 valence electrons. The minimum Gasteiger partial charge on any atom is -0.508 e. The van der Waals surface area contributed by atoms with Crippen molar-refractivity contribution < 1.29 is 19.8 Å². The molecule has 3 N–H and O–H groups in total. The Morgan fingerprint density at radius 2 is 1.85 bits per heavy atom. The van der Waals surface area contributed by atoms with Crippen LogP contribution in [0.25, 0.3) is 0 Å². The summed E-state index contributed by atoms with van der Waals surface area (Å²) in [6, 6.07) is 5.94. The van der Waals surface area contributed by atoms with E-state index < -0.39 is 12.0 Å². The zero-order chi connectivity index (χ0) is 14.9. The van der Waals surface area contributed by atoms with Gasteiger partial charge >= 0.3 is 5.97 Å². The third kappa shape index (κ3) is 3.10. The molecule has 5 heteroatoms. The number of benzene rings is 1. The summed E-state index contributed by atoms with van der Waals surface area (Å²) in [6.07, 6.45) is 0.723. The molecule has 20 heavy (non-hydrogen) atoms. The summed E-state index contributed by atoms with van der Waals surface area (Å²) in [7, 11) is 0. The minimum atomic E-state index is -1.00. The molecule has 0 heterocycles. The molecule has 1 aromatic rings. The molecular formula is C15H19NO4. The first-order valence-electron chi connectivity index (χ1n) is 6.72. The predicted molar refractivity (Wildman–Crippen MR) is 73.4 cm³/mol. The van der Waals surface area contributed by atoms with E-state index in [1.54, 1.807) is 38.1 Å². The van der Waals surface area contributed by atoms with E-state index in [-0.39, 0.29) is 29.4 Å². The molecular weight excluding hydrogens is 258 g/mol. The number of hydrogen-bond acceptors (Lipinski definition) is 3. The highest BCUT2D eigenvalue weighted by atomic mass is 16.4. The number of carboxylic acid groups (broad SMARTS) is 1. The van der Waals surface area contributed by atoms with Gasteiger partial charge in [0.2, 0.25) is 5.91 Å². The van der Waals surface area contributed by atoms with Gasteiger partial charge in [0.25, 0.3) is 0 Å². The van der Waals surface area contributed by atoms with Crippen molar-refractivity contribution >= 4 is 11.9 Å². The first-order chi connectivity index (χ1) is 9.40. The van der Waals surface area contributed by atoms with Crippen molar-refractivity contribution in [1.29, 1.82) is 0 Å². The van der Waals surface area contributed by atoms with Gasteiger partial charge in [0, 0.05) is 5.92 Å². The number of aliphatic carboxylic acids is 1. The number of hydrogen-bond donors (Lipinski definition) is 3. The average Bonchev–Trinajstić information content (AvgIpc) is 3.16. The van der Waals surface area contributed by atoms with Crippen LogP contribution in [0.15, 0.2) is 24.3 Å². The normalized spacial score (nSPS) is 22.4. The molecule has 1 aliphatic rings. The van der Waals surface area contributed by atoms with E-state index >= 15 is 0 Å². The van der Waals surface area contributed by atoms with Crippen LogP contribution in [0.2, 0.25) is 0 Å². The molecule has 1 amide bonds. The lowest BCUT2D eigenvalue weighted by atomic mass is 10.0. The largest absolute Gasteiger partial charge is 0.508 e. The average molecular weight is 277 g/mol. The van der Waals surface area contributed by atoms with Crippen molar-refractivity contribution in [2.75, 3.05) is 0 Å². The van der Waals surface area contributed by atoms with Crippen molar-refractivity contribution in [2.45, 2.75) is 32.2 Å². The molecule has 0 radical (unpaired) electrons. The number of phenolic OH excluding ortho intramolecular Hbond substituents is 1. The topological polar surface area (TPSA) is 86.6 Å². The zero-order valence-electron chi connectivity index (χ0n) is 11.5. The molecule has 3 atom stereocenters. The van der Waals surface area contributed by atoms with Crippen LogP contribution in [-0.2, 0) is 9.59 Å². The van der Waals surface area contributed by atoms with Gasteiger partial charge in [-0.1, -0.05) is 26.0 Å². The van der Waals surface area contributed by atoms with E-state index in [1.807, 2.05) is 0 Å². The van der Waals surface area contributed by atoms with Gasteiger partial charge in [0.1, 0.15) is 11.8 Å². The van der Waals surface area contributed by atoms with Crippen LogP contribution in [0.1, 0.15) is 31.7 Å². The first kappa shape index (κ1) is 14.4. The van der Waals surface area contributed by atoms with Crippen LogP contribution < -0.4 is 5.32 Å². The van der Waals surface area contributed by atoms with E-state index in [0.29, 0.717) is 0 Å². The summed E-state index contributed by atoms with van der Waals surface area (Å²) >= 11 is 0.